The molecule has 0 aliphatic carbocycles. The van der Waals surface area contributed by atoms with Gasteiger partial charge in [0.1, 0.15) is 7.85 Å². The maximum absolute atomic E-state index is 12.9. The summed E-state index contributed by atoms with van der Waals surface area (Å²) in [6.07, 6.45) is 3.12. The van der Waals surface area contributed by atoms with E-state index in [4.69, 9.17) is 7.85 Å². The van der Waals surface area contributed by atoms with Crippen LogP contribution in [0.2, 0.25) is 0 Å². The van der Waals surface area contributed by atoms with Gasteiger partial charge >= 0.3 is 0 Å². The molecule has 3 heteroatoms. The van der Waals surface area contributed by atoms with Crippen molar-refractivity contribution in [2.45, 2.75) is 6.92 Å². The van der Waals surface area contributed by atoms with Crippen LogP contribution in [0.3, 0.4) is 0 Å². The van der Waals surface area contributed by atoms with Gasteiger partial charge in [-0.05, 0) is 6.92 Å². The third kappa shape index (κ3) is 1.55. The smallest absolute Gasteiger partial charge is 0.165 e. The summed E-state index contributed by atoms with van der Waals surface area (Å²) in [6.45, 7) is 1.73. The van der Waals surface area contributed by atoms with Crippen LogP contribution >= 0.6 is 0 Å². The average Bonchev–Trinajstić information content (AvgIpc) is 2.07. The molecule has 0 aliphatic heterocycles. The molecule has 0 atom stereocenters. The van der Waals surface area contributed by atoms with E-state index in [-0.39, 0.29) is 11.0 Å². The van der Waals surface area contributed by atoms with E-state index in [9.17, 15) is 8.78 Å². The van der Waals surface area contributed by atoms with Gasteiger partial charge in [-0.3, -0.25) is 0 Å². The summed E-state index contributed by atoms with van der Waals surface area (Å²) < 4.78 is 25.7. The highest BCUT2D eigenvalue weighted by Crippen LogP contribution is 2.10. The molecule has 1 rings (SSSR count). The summed E-state index contributed by atoms with van der Waals surface area (Å²) in [4.78, 5) is 0. The number of allylic oxidation sites excluding steroid dienone is 1. The second-order valence-corrected chi connectivity index (χ2v) is 2.37. The average molecular weight is 164 g/mol. The van der Waals surface area contributed by atoms with Crippen LogP contribution in [0.1, 0.15) is 12.5 Å². The molecule has 1 aromatic carbocycles. The van der Waals surface area contributed by atoms with Crippen LogP contribution in [0.25, 0.3) is 6.08 Å². The summed E-state index contributed by atoms with van der Waals surface area (Å²) in [5, 5.41) is 0. The van der Waals surface area contributed by atoms with Crippen molar-refractivity contribution in [1.29, 1.82) is 0 Å². The van der Waals surface area contributed by atoms with Gasteiger partial charge in [-0.1, -0.05) is 29.7 Å². The highest BCUT2D eigenvalue weighted by molar-refractivity contribution is 6.32. The fourth-order valence-corrected chi connectivity index (χ4v) is 0.888. The Morgan fingerprint density at radius 3 is 2.50 bits per heavy atom. The number of hydrogen-bond donors (Lipinski definition) is 0. The first-order valence-electron chi connectivity index (χ1n) is 3.53. The number of halogens is 2. The number of rotatable bonds is 1. The van der Waals surface area contributed by atoms with E-state index >= 15 is 0 Å². The van der Waals surface area contributed by atoms with Crippen molar-refractivity contribution in [1.82, 2.24) is 0 Å². The molecule has 0 bridgehead atoms. The molecule has 0 heterocycles. The zero-order valence-electron chi connectivity index (χ0n) is 6.64. The Morgan fingerprint density at radius 2 is 1.92 bits per heavy atom. The molecule has 0 saturated heterocycles. The van der Waals surface area contributed by atoms with Gasteiger partial charge in [-0.25, -0.2) is 8.78 Å². The lowest BCUT2D eigenvalue weighted by Crippen LogP contribution is -2.11. The van der Waals surface area contributed by atoms with Crippen molar-refractivity contribution in [3.8, 4) is 0 Å². The minimum Gasteiger partial charge on any atom is -0.204 e. The molecule has 0 spiro atoms. The van der Waals surface area contributed by atoms with Crippen molar-refractivity contribution < 1.29 is 8.78 Å². The summed E-state index contributed by atoms with van der Waals surface area (Å²) >= 11 is 0. The highest BCUT2D eigenvalue weighted by atomic mass is 19.2. The molecular weight excluding hydrogens is 157 g/mol. The SMILES string of the molecule is [B]c1ccc(C=CC)c(F)c1F. The first-order chi connectivity index (χ1) is 5.66. The lowest BCUT2D eigenvalue weighted by molar-refractivity contribution is 0.512. The van der Waals surface area contributed by atoms with Crippen LogP contribution in [-0.2, 0) is 0 Å². The van der Waals surface area contributed by atoms with Gasteiger partial charge in [-0.2, -0.15) is 0 Å². The third-order valence-corrected chi connectivity index (χ3v) is 1.49. The Labute approximate surface area is 71.3 Å². The Morgan fingerprint density at radius 1 is 1.25 bits per heavy atom. The van der Waals surface area contributed by atoms with Gasteiger partial charge in [0, 0.05) is 5.56 Å². The molecule has 0 amide bonds. The van der Waals surface area contributed by atoms with E-state index in [0.29, 0.717) is 0 Å². The van der Waals surface area contributed by atoms with Crippen molar-refractivity contribution in [2.24, 2.45) is 0 Å². The van der Waals surface area contributed by atoms with Crippen molar-refractivity contribution in [2.75, 3.05) is 0 Å². The molecule has 0 aliphatic rings. The van der Waals surface area contributed by atoms with E-state index in [2.05, 4.69) is 0 Å². The van der Waals surface area contributed by atoms with Crippen LogP contribution in [0, 0.1) is 11.6 Å². The maximum Gasteiger partial charge on any atom is 0.165 e. The molecule has 0 unspecified atom stereocenters. The summed E-state index contributed by atoms with van der Waals surface area (Å²) in [7, 11) is 5.15. The first-order valence-corrected chi connectivity index (χ1v) is 3.53. The highest BCUT2D eigenvalue weighted by Gasteiger charge is 2.07. The molecule has 1 aromatic rings. The third-order valence-electron chi connectivity index (χ3n) is 1.49. The van der Waals surface area contributed by atoms with Crippen molar-refractivity contribution >= 4 is 19.4 Å². The van der Waals surface area contributed by atoms with E-state index in [0.717, 1.165) is 0 Å². The zero-order valence-corrected chi connectivity index (χ0v) is 6.64. The normalized spacial score (nSPS) is 10.9. The molecule has 12 heavy (non-hydrogen) atoms. The molecule has 0 fully saturated rings. The van der Waals surface area contributed by atoms with Gasteiger partial charge < -0.3 is 0 Å². The Balaban J connectivity index is 3.26. The van der Waals surface area contributed by atoms with E-state index in [1.165, 1.54) is 18.2 Å². The van der Waals surface area contributed by atoms with Crippen LogP contribution in [0.5, 0.6) is 0 Å². The minimum atomic E-state index is -0.981. The fourth-order valence-electron chi connectivity index (χ4n) is 0.888. The predicted molar refractivity (Wildman–Crippen MR) is 46.5 cm³/mol. The molecule has 2 radical (unpaired) electrons. The summed E-state index contributed by atoms with van der Waals surface area (Å²) in [5.74, 6) is -1.88. The van der Waals surface area contributed by atoms with Gasteiger partial charge in [0.05, 0.1) is 0 Å². The Hall–Kier alpha value is -1.12. The minimum absolute atomic E-state index is 0.166. The second kappa shape index (κ2) is 3.52. The van der Waals surface area contributed by atoms with Crippen LogP contribution in [0.4, 0.5) is 8.78 Å². The second-order valence-electron chi connectivity index (χ2n) is 2.37. The quantitative estimate of drug-likeness (QED) is 0.555. The van der Waals surface area contributed by atoms with Crippen LogP contribution < -0.4 is 5.46 Å². The Bertz CT molecular complexity index is 319. The molecule has 0 nitrogen and oxygen atoms in total. The number of hydrogen-bond acceptors (Lipinski definition) is 0. The summed E-state index contributed by atoms with van der Waals surface area (Å²) in [6, 6.07) is 2.78. The largest absolute Gasteiger partial charge is 0.204 e. The van der Waals surface area contributed by atoms with Crippen LogP contribution in [-0.4, -0.2) is 7.85 Å². The van der Waals surface area contributed by atoms with Gasteiger partial charge in [0.2, 0.25) is 0 Å². The number of benzene rings is 1. The standard InChI is InChI=1S/C9H7BF2/c1-2-3-6-4-5-7(10)9(12)8(6)11/h2-5H,1H3. The molecule has 0 aromatic heterocycles. The van der Waals surface area contributed by atoms with Gasteiger partial charge in [-0.15, -0.1) is 0 Å². The topological polar surface area (TPSA) is 0 Å². The van der Waals surface area contributed by atoms with Crippen molar-refractivity contribution in [3.05, 3.63) is 35.4 Å². The maximum atomic E-state index is 12.9. The Kier molecular flexibility index (Phi) is 2.63. The van der Waals surface area contributed by atoms with Crippen molar-refractivity contribution in [3.63, 3.8) is 0 Å². The van der Waals surface area contributed by atoms with Gasteiger partial charge in [0.15, 0.2) is 11.6 Å². The van der Waals surface area contributed by atoms with E-state index in [1.807, 2.05) is 0 Å². The predicted octanol–water partition coefficient (Wildman–Crippen LogP) is 1.79. The first kappa shape index (κ1) is 8.98. The fraction of sp³-hybridized carbons (Fsp3) is 0.111. The monoisotopic (exact) mass is 164 g/mol. The summed E-state index contributed by atoms with van der Waals surface area (Å²) in [5.41, 5.74) is 0.0463. The van der Waals surface area contributed by atoms with Crippen LogP contribution in [0.15, 0.2) is 18.2 Å². The van der Waals surface area contributed by atoms with E-state index in [1.54, 1.807) is 13.0 Å². The molecular formula is C9H7BF2. The van der Waals surface area contributed by atoms with Gasteiger partial charge in [0.25, 0.3) is 0 Å². The lowest BCUT2D eigenvalue weighted by atomic mass is 9.94. The molecule has 60 valence electrons. The molecule has 0 saturated carbocycles. The molecule has 0 N–H and O–H groups in total. The van der Waals surface area contributed by atoms with E-state index < -0.39 is 11.6 Å². The zero-order chi connectivity index (χ0) is 9.14. The lowest BCUT2D eigenvalue weighted by Gasteiger charge is -2.00.